The molecule has 0 saturated carbocycles. The summed E-state index contributed by atoms with van der Waals surface area (Å²) >= 11 is 1.13. The van der Waals surface area contributed by atoms with Gasteiger partial charge in [0.2, 0.25) is 5.13 Å². The second-order valence-electron chi connectivity index (χ2n) is 5.54. The number of anilines is 1. The van der Waals surface area contributed by atoms with Crippen LogP contribution in [0, 0.1) is 0 Å². The van der Waals surface area contributed by atoms with Gasteiger partial charge in [-0.25, -0.2) is 15.8 Å². The molecule has 0 aliphatic rings. The van der Waals surface area contributed by atoms with Crippen LogP contribution in [0.2, 0.25) is 0 Å². The Morgan fingerprint density at radius 2 is 1.74 bits per heavy atom. The fourth-order valence-corrected chi connectivity index (χ4v) is 3.00. The van der Waals surface area contributed by atoms with Gasteiger partial charge >= 0.3 is 6.18 Å². The highest BCUT2D eigenvalue weighted by atomic mass is 32.1. The number of rotatable bonds is 4. The van der Waals surface area contributed by atoms with E-state index >= 15 is 0 Å². The van der Waals surface area contributed by atoms with E-state index in [2.05, 4.69) is 4.98 Å². The highest BCUT2D eigenvalue weighted by molar-refractivity contribution is 7.14. The largest absolute Gasteiger partial charge is 0.416 e. The Morgan fingerprint density at radius 1 is 1.07 bits per heavy atom. The predicted molar refractivity (Wildman–Crippen MR) is 99.7 cm³/mol. The summed E-state index contributed by atoms with van der Waals surface area (Å²) in [4.78, 5) is 16.4. The van der Waals surface area contributed by atoms with E-state index in [1.54, 1.807) is 11.5 Å². The number of thiazole rings is 1. The molecule has 138 valence electrons. The van der Waals surface area contributed by atoms with E-state index in [1.165, 1.54) is 18.2 Å². The first kappa shape index (κ1) is 18.8. The molecule has 0 radical (unpaired) electrons. The van der Waals surface area contributed by atoms with E-state index in [-0.39, 0.29) is 5.13 Å². The number of amides is 1. The minimum Gasteiger partial charge on any atom is -0.268 e. The Hall–Kier alpha value is -2.97. The van der Waals surface area contributed by atoms with Gasteiger partial charge in [0.1, 0.15) is 0 Å². The zero-order chi connectivity index (χ0) is 19.4. The molecule has 2 aromatic carbocycles. The summed E-state index contributed by atoms with van der Waals surface area (Å²) in [6.45, 7) is 0. The lowest BCUT2D eigenvalue weighted by molar-refractivity contribution is -0.137. The SMILES string of the molecule is NN(C(=O)C=Cc1ccccc1)c1nc(-c2ccc(C(F)(F)F)cc2)cs1. The maximum Gasteiger partial charge on any atom is 0.416 e. The summed E-state index contributed by atoms with van der Waals surface area (Å²) in [7, 11) is 0. The van der Waals surface area contributed by atoms with Crippen molar-refractivity contribution >= 4 is 28.5 Å². The molecule has 1 heterocycles. The normalized spacial score (nSPS) is 11.7. The van der Waals surface area contributed by atoms with Crippen LogP contribution in [0.5, 0.6) is 0 Å². The van der Waals surface area contributed by atoms with Gasteiger partial charge in [0, 0.05) is 17.0 Å². The summed E-state index contributed by atoms with van der Waals surface area (Å²) in [5.41, 5.74) is 1.07. The van der Waals surface area contributed by atoms with E-state index in [0.717, 1.165) is 34.0 Å². The number of hydrogen-bond acceptors (Lipinski definition) is 4. The molecule has 4 nitrogen and oxygen atoms in total. The van der Waals surface area contributed by atoms with Crippen LogP contribution in [0.4, 0.5) is 18.3 Å². The van der Waals surface area contributed by atoms with Gasteiger partial charge in [0.15, 0.2) is 0 Å². The van der Waals surface area contributed by atoms with Gasteiger partial charge in [-0.05, 0) is 23.8 Å². The number of hydrogen-bond donors (Lipinski definition) is 1. The van der Waals surface area contributed by atoms with Crippen LogP contribution in [0.3, 0.4) is 0 Å². The van der Waals surface area contributed by atoms with Gasteiger partial charge < -0.3 is 0 Å². The smallest absolute Gasteiger partial charge is 0.268 e. The van der Waals surface area contributed by atoms with Crippen LogP contribution in [0.25, 0.3) is 17.3 Å². The standard InChI is InChI=1S/C19H14F3N3OS/c20-19(21,22)15-9-7-14(8-10-15)16-12-27-18(24-16)25(23)17(26)11-6-13-4-2-1-3-5-13/h1-12H,23H2. The Morgan fingerprint density at radius 3 is 2.37 bits per heavy atom. The lowest BCUT2D eigenvalue weighted by atomic mass is 10.1. The third kappa shape index (κ3) is 4.60. The summed E-state index contributed by atoms with van der Waals surface area (Å²) < 4.78 is 37.9. The molecule has 0 aliphatic carbocycles. The molecule has 0 spiro atoms. The lowest BCUT2D eigenvalue weighted by Gasteiger charge is -2.10. The second-order valence-corrected chi connectivity index (χ2v) is 6.38. The summed E-state index contributed by atoms with van der Waals surface area (Å²) in [5, 5.41) is 2.77. The van der Waals surface area contributed by atoms with Gasteiger partial charge in [-0.15, -0.1) is 11.3 Å². The number of alkyl halides is 3. The number of nitrogens with two attached hydrogens (primary N) is 1. The van der Waals surface area contributed by atoms with Crippen LogP contribution in [0.1, 0.15) is 11.1 Å². The Kier molecular flexibility index (Phi) is 5.38. The molecule has 3 aromatic rings. The van der Waals surface area contributed by atoms with Crippen molar-refractivity contribution in [1.29, 1.82) is 0 Å². The van der Waals surface area contributed by atoms with Gasteiger partial charge in [0.25, 0.3) is 5.91 Å². The molecule has 27 heavy (non-hydrogen) atoms. The summed E-state index contributed by atoms with van der Waals surface area (Å²) in [6, 6.07) is 13.9. The van der Waals surface area contributed by atoms with Crippen molar-refractivity contribution in [2.45, 2.75) is 6.18 Å². The topological polar surface area (TPSA) is 59.2 Å². The molecule has 1 amide bonds. The van der Waals surface area contributed by atoms with Crippen molar-refractivity contribution in [1.82, 2.24) is 4.98 Å². The van der Waals surface area contributed by atoms with Crippen molar-refractivity contribution in [3.05, 3.63) is 77.2 Å². The molecular weight excluding hydrogens is 375 g/mol. The molecule has 3 rings (SSSR count). The number of carbonyl (C=O) groups is 1. The monoisotopic (exact) mass is 389 g/mol. The van der Waals surface area contributed by atoms with E-state index in [4.69, 9.17) is 5.84 Å². The minimum atomic E-state index is -4.39. The van der Waals surface area contributed by atoms with Crippen LogP contribution in [0.15, 0.2) is 66.1 Å². The van der Waals surface area contributed by atoms with Gasteiger partial charge in [-0.2, -0.15) is 13.2 Å². The molecule has 8 heteroatoms. The predicted octanol–water partition coefficient (Wildman–Crippen LogP) is 4.75. The number of nitrogens with zero attached hydrogens (tertiary/aromatic N) is 2. The highest BCUT2D eigenvalue weighted by Gasteiger charge is 2.30. The lowest BCUT2D eigenvalue weighted by Crippen LogP contribution is -2.36. The Balaban J connectivity index is 1.73. The quantitative estimate of drug-likeness (QED) is 0.303. The summed E-state index contributed by atoms with van der Waals surface area (Å²) in [6.07, 6.45) is -1.43. The van der Waals surface area contributed by atoms with Crippen LogP contribution >= 0.6 is 11.3 Å². The van der Waals surface area contributed by atoms with E-state index < -0.39 is 17.6 Å². The number of benzene rings is 2. The molecule has 0 atom stereocenters. The summed E-state index contributed by atoms with van der Waals surface area (Å²) in [5.74, 6) is 5.34. The first-order chi connectivity index (χ1) is 12.8. The molecule has 0 bridgehead atoms. The molecular formula is C19H14F3N3OS. The van der Waals surface area contributed by atoms with E-state index in [1.807, 2.05) is 30.3 Å². The van der Waals surface area contributed by atoms with Crippen molar-refractivity contribution in [2.24, 2.45) is 5.84 Å². The molecule has 0 saturated heterocycles. The average Bonchev–Trinajstić information content (AvgIpc) is 3.16. The number of aromatic nitrogens is 1. The second kappa shape index (κ2) is 7.73. The molecule has 0 unspecified atom stereocenters. The van der Waals surface area contributed by atoms with Gasteiger partial charge in [0.05, 0.1) is 11.3 Å². The number of carbonyl (C=O) groups excluding carboxylic acids is 1. The molecule has 0 aliphatic heterocycles. The first-order valence-electron chi connectivity index (χ1n) is 7.79. The van der Waals surface area contributed by atoms with Crippen LogP contribution in [-0.4, -0.2) is 10.9 Å². The molecule has 2 N–H and O–H groups in total. The minimum absolute atomic E-state index is 0.243. The van der Waals surface area contributed by atoms with Crippen LogP contribution in [-0.2, 0) is 11.0 Å². The zero-order valence-electron chi connectivity index (χ0n) is 13.9. The van der Waals surface area contributed by atoms with Crippen molar-refractivity contribution in [3.63, 3.8) is 0 Å². The first-order valence-corrected chi connectivity index (χ1v) is 8.67. The average molecular weight is 389 g/mol. The van der Waals surface area contributed by atoms with Crippen molar-refractivity contribution in [3.8, 4) is 11.3 Å². The number of halogens is 3. The Bertz CT molecular complexity index is 950. The Labute approximate surface area is 157 Å². The maximum absolute atomic E-state index is 12.6. The molecule has 1 aromatic heterocycles. The third-order valence-electron chi connectivity index (χ3n) is 3.66. The fourth-order valence-electron chi connectivity index (χ4n) is 2.24. The van der Waals surface area contributed by atoms with Gasteiger partial charge in [-0.3, -0.25) is 4.79 Å². The number of hydrazine groups is 1. The van der Waals surface area contributed by atoms with Crippen molar-refractivity contribution in [2.75, 3.05) is 5.01 Å². The third-order valence-corrected chi connectivity index (χ3v) is 4.50. The van der Waals surface area contributed by atoms with Crippen LogP contribution < -0.4 is 10.9 Å². The van der Waals surface area contributed by atoms with E-state index in [9.17, 15) is 18.0 Å². The molecule has 0 fully saturated rings. The van der Waals surface area contributed by atoms with E-state index in [0.29, 0.717) is 11.3 Å². The van der Waals surface area contributed by atoms with Gasteiger partial charge in [-0.1, -0.05) is 42.5 Å². The zero-order valence-corrected chi connectivity index (χ0v) is 14.7. The maximum atomic E-state index is 12.6. The highest BCUT2D eigenvalue weighted by Crippen LogP contribution is 2.32. The van der Waals surface area contributed by atoms with Crippen molar-refractivity contribution < 1.29 is 18.0 Å². The fraction of sp³-hybridized carbons (Fsp3) is 0.0526.